The Morgan fingerprint density at radius 2 is 2.31 bits per heavy atom. The van der Waals surface area contributed by atoms with E-state index in [2.05, 4.69) is 10.3 Å². The lowest BCUT2D eigenvalue weighted by atomic mass is 10.3. The fourth-order valence-corrected chi connectivity index (χ4v) is 1.76. The van der Waals surface area contributed by atoms with E-state index in [4.69, 9.17) is 11.6 Å². The summed E-state index contributed by atoms with van der Waals surface area (Å²) in [7, 11) is 0. The zero-order chi connectivity index (χ0) is 11.4. The second-order valence-electron chi connectivity index (χ2n) is 4.18. The van der Waals surface area contributed by atoms with Gasteiger partial charge in [0.25, 0.3) is 0 Å². The van der Waals surface area contributed by atoms with Crippen LogP contribution in [0.1, 0.15) is 25.7 Å². The number of aryl methyl sites for hydroxylation is 1. The normalized spacial score (nSPS) is 15.3. The van der Waals surface area contributed by atoms with Crippen LogP contribution in [0.2, 0.25) is 5.02 Å². The molecule has 5 heteroatoms. The lowest BCUT2D eigenvalue weighted by molar-refractivity contribution is 0.551. The van der Waals surface area contributed by atoms with Crippen LogP contribution in [0, 0.1) is 0 Å². The molecule has 88 valence electrons. The molecule has 1 N–H and O–H groups in total. The van der Waals surface area contributed by atoms with Gasteiger partial charge in [0, 0.05) is 18.8 Å². The number of rotatable bonds is 6. The predicted octanol–water partition coefficient (Wildman–Crippen LogP) is 1.43. The highest BCUT2D eigenvalue weighted by atomic mass is 35.5. The summed E-state index contributed by atoms with van der Waals surface area (Å²) >= 11 is 5.77. The molecular formula is C11H16ClN3O. The van der Waals surface area contributed by atoms with Crippen molar-refractivity contribution >= 4 is 11.6 Å². The van der Waals surface area contributed by atoms with Crippen LogP contribution in [-0.2, 0) is 6.54 Å². The quantitative estimate of drug-likeness (QED) is 0.767. The highest BCUT2D eigenvalue weighted by Gasteiger charge is 2.19. The van der Waals surface area contributed by atoms with Crippen molar-refractivity contribution < 1.29 is 0 Å². The first-order chi connectivity index (χ1) is 7.75. The van der Waals surface area contributed by atoms with Crippen LogP contribution in [0.4, 0.5) is 0 Å². The summed E-state index contributed by atoms with van der Waals surface area (Å²) in [4.78, 5) is 15.0. The largest absolute Gasteiger partial charge is 0.347 e. The number of aromatic nitrogens is 2. The lowest BCUT2D eigenvalue weighted by Crippen LogP contribution is -2.23. The van der Waals surface area contributed by atoms with Crippen molar-refractivity contribution in [3.63, 3.8) is 0 Å². The summed E-state index contributed by atoms with van der Waals surface area (Å²) in [5.74, 6) is 0. The minimum Gasteiger partial charge on any atom is -0.314 e. The van der Waals surface area contributed by atoms with Gasteiger partial charge < -0.3 is 5.32 Å². The van der Waals surface area contributed by atoms with Crippen LogP contribution in [0.25, 0.3) is 0 Å². The molecule has 1 aliphatic carbocycles. The van der Waals surface area contributed by atoms with Gasteiger partial charge in [0.15, 0.2) is 0 Å². The Bertz CT molecular complexity index is 400. The Hall–Kier alpha value is -0.870. The minimum atomic E-state index is -0.223. The number of nitrogens with one attached hydrogen (secondary N) is 1. The molecule has 1 fully saturated rings. The van der Waals surface area contributed by atoms with Crippen molar-refractivity contribution in [2.45, 2.75) is 38.3 Å². The zero-order valence-electron chi connectivity index (χ0n) is 9.16. The van der Waals surface area contributed by atoms with Gasteiger partial charge in [-0.15, -0.1) is 0 Å². The number of unbranched alkanes of at least 4 members (excludes halogenated alkanes) is 1. The first-order valence-corrected chi connectivity index (χ1v) is 6.09. The minimum absolute atomic E-state index is 0.223. The first kappa shape index (κ1) is 11.6. The van der Waals surface area contributed by atoms with E-state index >= 15 is 0 Å². The third-order valence-electron chi connectivity index (χ3n) is 2.66. The molecule has 1 saturated carbocycles. The maximum absolute atomic E-state index is 11.3. The van der Waals surface area contributed by atoms with Crippen molar-refractivity contribution in [1.29, 1.82) is 0 Å². The standard InChI is InChI=1S/C11H16ClN3O/c12-9-7-14-11(16)15(8-9)6-2-1-5-13-10-3-4-10/h7-8,10,13H,1-6H2. The van der Waals surface area contributed by atoms with Gasteiger partial charge in [0.05, 0.1) is 11.2 Å². The number of hydrogen-bond acceptors (Lipinski definition) is 3. The molecule has 0 saturated heterocycles. The lowest BCUT2D eigenvalue weighted by Gasteiger charge is -2.05. The summed E-state index contributed by atoms with van der Waals surface area (Å²) in [5, 5.41) is 3.95. The average Bonchev–Trinajstić information content (AvgIpc) is 3.06. The van der Waals surface area contributed by atoms with Gasteiger partial charge in [-0.2, -0.15) is 0 Å². The van der Waals surface area contributed by atoms with Crippen molar-refractivity contribution in [1.82, 2.24) is 14.9 Å². The van der Waals surface area contributed by atoms with E-state index in [0.717, 1.165) is 25.4 Å². The predicted molar refractivity (Wildman–Crippen MR) is 63.8 cm³/mol. The van der Waals surface area contributed by atoms with Gasteiger partial charge in [-0.25, -0.2) is 9.78 Å². The van der Waals surface area contributed by atoms with Crippen molar-refractivity contribution in [2.75, 3.05) is 6.54 Å². The fourth-order valence-electron chi connectivity index (χ4n) is 1.59. The summed E-state index contributed by atoms with van der Waals surface area (Å²) < 4.78 is 1.57. The summed E-state index contributed by atoms with van der Waals surface area (Å²) in [6.45, 7) is 1.73. The van der Waals surface area contributed by atoms with Crippen molar-refractivity contribution in [2.24, 2.45) is 0 Å². The molecule has 16 heavy (non-hydrogen) atoms. The van der Waals surface area contributed by atoms with E-state index in [9.17, 15) is 4.79 Å². The van der Waals surface area contributed by atoms with E-state index in [-0.39, 0.29) is 5.69 Å². The molecular weight excluding hydrogens is 226 g/mol. The Morgan fingerprint density at radius 3 is 3.06 bits per heavy atom. The molecule has 1 aliphatic rings. The average molecular weight is 242 g/mol. The van der Waals surface area contributed by atoms with Crippen molar-refractivity contribution in [3.8, 4) is 0 Å². The van der Waals surface area contributed by atoms with Crippen LogP contribution in [0.3, 0.4) is 0 Å². The summed E-state index contributed by atoms with van der Waals surface area (Å²) in [6, 6.07) is 0.760. The third kappa shape index (κ3) is 3.61. The van der Waals surface area contributed by atoms with E-state index in [1.54, 1.807) is 10.8 Å². The van der Waals surface area contributed by atoms with Gasteiger partial charge in [0.2, 0.25) is 0 Å². The fraction of sp³-hybridized carbons (Fsp3) is 0.636. The Morgan fingerprint density at radius 1 is 1.50 bits per heavy atom. The number of halogens is 1. The molecule has 1 aromatic heterocycles. The van der Waals surface area contributed by atoms with Crippen LogP contribution in [0.15, 0.2) is 17.2 Å². The summed E-state index contributed by atoms with van der Waals surface area (Å²) in [5.41, 5.74) is -0.223. The molecule has 0 bridgehead atoms. The molecule has 0 amide bonds. The van der Waals surface area contributed by atoms with Gasteiger partial charge in [-0.3, -0.25) is 4.57 Å². The maximum atomic E-state index is 11.3. The van der Waals surface area contributed by atoms with Crippen LogP contribution in [-0.4, -0.2) is 22.1 Å². The van der Waals surface area contributed by atoms with Gasteiger partial charge in [-0.05, 0) is 32.2 Å². The molecule has 4 nitrogen and oxygen atoms in total. The number of hydrogen-bond donors (Lipinski definition) is 1. The van der Waals surface area contributed by atoms with Gasteiger partial charge >= 0.3 is 5.69 Å². The number of nitrogens with zero attached hydrogens (tertiary/aromatic N) is 2. The molecule has 0 radical (unpaired) electrons. The zero-order valence-corrected chi connectivity index (χ0v) is 9.91. The maximum Gasteiger partial charge on any atom is 0.347 e. The smallest absolute Gasteiger partial charge is 0.314 e. The van der Waals surface area contributed by atoms with Gasteiger partial charge in [0.1, 0.15) is 0 Å². The Kier molecular flexibility index (Phi) is 3.96. The van der Waals surface area contributed by atoms with Gasteiger partial charge in [-0.1, -0.05) is 11.6 Å². The van der Waals surface area contributed by atoms with E-state index < -0.39 is 0 Å². The topological polar surface area (TPSA) is 46.9 Å². The van der Waals surface area contributed by atoms with Crippen LogP contribution >= 0.6 is 11.6 Å². The molecule has 0 unspecified atom stereocenters. The highest BCUT2D eigenvalue weighted by molar-refractivity contribution is 6.30. The Labute approximate surface area is 99.6 Å². The van der Waals surface area contributed by atoms with E-state index in [0.29, 0.717) is 11.6 Å². The molecule has 2 rings (SSSR count). The monoisotopic (exact) mass is 241 g/mol. The van der Waals surface area contributed by atoms with Crippen LogP contribution in [0.5, 0.6) is 0 Å². The molecule has 0 aliphatic heterocycles. The second-order valence-corrected chi connectivity index (χ2v) is 4.62. The van der Waals surface area contributed by atoms with E-state index in [1.807, 2.05) is 0 Å². The molecule has 0 spiro atoms. The first-order valence-electron chi connectivity index (χ1n) is 5.71. The highest BCUT2D eigenvalue weighted by Crippen LogP contribution is 2.18. The summed E-state index contributed by atoms with van der Waals surface area (Å²) in [6.07, 6.45) is 7.71. The van der Waals surface area contributed by atoms with E-state index in [1.165, 1.54) is 19.0 Å². The SMILES string of the molecule is O=c1ncc(Cl)cn1CCCCNC1CC1. The molecule has 1 heterocycles. The molecule has 1 aromatic rings. The van der Waals surface area contributed by atoms with Crippen molar-refractivity contribution in [3.05, 3.63) is 27.9 Å². The molecule has 0 atom stereocenters. The molecule has 0 aromatic carbocycles. The second kappa shape index (κ2) is 5.46. The Balaban J connectivity index is 1.71. The third-order valence-corrected chi connectivity index (χ3v) is 2.85. The van der Waals surface area contributed by atoms with Crippen LogP contribution < -0.4 is 11.0 Å².